The molecule has 0 amide bonds. The molecule has 0 aromatic heterocycles. The van der Waals surface area contributed by atoms with Crippen molar-refractivity contribution in [1.29, 1.82) is 0 Å². The Morgan fingerprint density at radius 1 is 1.40 bits per heavy atom. The summed E-state index contributed by atoms with van der Waals surface area (Å²) in [5.41, 5.74) is 0.521. The maximum absolute atomic E-state index is 9.06. The maximum atomic E-state index is 9.06. The molecule has 0 heterocycles. The molecule has 1 rings (SSSR count). The Morgan fingerprint density at radius 3 is 2.60 bits per heavy atom. The van der Waals surface area contributed by atoms with Crippen molar-refractivity contribution in [2.75, 3.05) is 6.61 Å². The summed E-state index contributed by atoms with van der Waals surface area (Å²) in [6.07, 6.45) is 6.68. The van der Waals surface area contributed by atoms with Gasteiger partial charge in [-0.25, -0.2) is 0 Å². The van der Waals surface area contributed by atoms with Gasteiger partial charge in [-0.15, -0.1) is 0 Å². The van der Waals surface area contributed by atoms with Crippen molar-refractivity contribution in [3.63, 3.8) is 0 Å². The van der Waals surface area contributed by atoms with Crippen LogP contribution in [0, 0.1) is 23.2 Å². The lowest BCUT2D eigenvalue weighted by atomic mass is 9.62. The van der Waals surface area contributed by atoms with Gasteiger partial charge in [0, 0.05) is 6.61 Å². The molecule has 0 saturated heterocycles. The number of hydrogen-bond acceptors (Lipinski definition) is 1. The van der Waals surface area contributed by atoms with Crippen LogP contribution in [0.3, 0.4) is 0 Å². The van der Waals surface area contributed by atoms with Crippen LogP contribution in [0.1, 0.15) is 59.8 Å². The summed E-state index contributed by atoms with van der Waals surface area (Å²) in [4.78, 5) is 0. The molecule has 1 aliphatic rings. The first-order valence-electron chi connectivity index (χ1n) is 6.58. The summed E-state index contributed by atoms with van der Waals surface area (Å²) < 4.78 is 0. The van der Waals surface area contributed by atoms with E-state index < -0.39 is 0 Å². The Labute approximate surface area is 95.3 Å². The van der Waals surface area contributed by atoms with E-state index in [4.69, 9.17) is 5.11 Å². The van der Waals surface area contributed by atoms with Crippen LogP contribution in [0.15, 0.2) is 0 Å². The summed E-state index contributed by atoms with van der Waals surface area (Å²) in [7, 11) is 0. The third-order valence-corrected chi connectivity index (χ3v) is 4.45. The minimum atomic E-state index is 0.349. The highest BCUT2D eigenvalue weighted by molar-refractivity contribution is 4.86. The van der Waals surface area contributed by atoms with Crippen molar-refractivity contribution in [2.24, 2.45) is 23.2 Å². The first-order valence-corrected chi connectivity index (χ1v) is 6.58. The molecule has 1 heteroatoms. The average Bonchev–Trinajstić information content (AvgIpc) is 2.15. The molecule has 0 spiro atoms. The van der Waals surface area contributed by atoms with Gasteiger partial charge >= 0.3 is 0 Å². The Kier molecular flexibility index (Phi) is 4.64. The Balaban J connectivity index is 2.48. The van der Waals surface area contributed by atoms with Gasteiger partial charge in [0.25, 0.3) is 0 Å². The molecule has 3 unspecified atom stereocenters. The third-order valence-electron chi connectivity index (χ3n) is 4.45. The van der Waals surface area contributed by atoms with E-state index in [1.807, 2.05) is 0 Å². The van der Waals surface area contributed by atoms with Gasteiger partial charge in [0.1, 0.15) is 0 Å². The molecule has 0 bridgehead atoms. The lowest BCUT2D eigenvalue weighted by molar-refractivity contribution is 0.0678. The van der Waals surface area contributed by atoms with E-state index in [9.17, 15) is 0 Å². The monoisotopic (exact) mass is 212 g/mol. The molecule has 0 aromatic carbocycles. The van der Waals surface area contributed by atoms with Crippen LogP contribution >= 0.6 is 0 Å². The molecule has 1 saturated carbocycles. The first-order chi connectivity index (χ1) is 6.97. The van der Waals surface area contributed by atoms with Gasteiger partial charge in [0.15, 0.2) is 0 Å². The minimum absolute atomic E-state index is 0.349. The second-order valence-corrected chi connectivity index (χ2v) is 6.33. The van der Waals surface area contributed by atoms with Crippen LogP contribution in [0.2, 0.25) is 0 Å². The van der Waals surface area contributed by atoms with Crippen LogP contribution in [-0.4, -0.2) is 11.7 Å². The van der Waals surface area contributed by atoms with E-state index in [1.54, 1.807) is 0 Å². The fraction of sp³-hybridized carbons (Fsp3) is 1.00. The van der Waals surface area contributed by atoms with Crippen molar-refractivity contribution in [3.8, 4) is 0 Å². The zero-order valence-corrected chi connectivity index (χ0v) is 10.9. The van der Waals surface area contributed by atoms with Crippen LogP contribution in [0.4, 0.5) is 0 Å². The van der Waals surface area contributed by atoms with Crippen LogP contribution in [0.5, 0.6) is 0 Å². The van der Waals surface area contributed by atoms with Gasteiger partial charge in [0.05, 0.1) is 0 Å². The fourth-order valence-corrected chi connectivity index (χ4v) is 3.27. The average molecular weight is 212 g/mol. The molecule has 1 fully saturated rings. The molecule has 15 heavy (non-hydrogen) atoms. The Bertz CT molecular complexity index is 186. The Morgan fingerprint density at radius 2 is 2.07 bits per heavy atom. The standard InChI is InChI=1S/C14H28O/c1-11(10-15)7-8-13-12(2)6-5-9-14(13,3)4/h11-13,15H,5-10H2,1-4H3. The molecule has 0 aliphatic heterocycles. The van der Waals surface area contributed by atoms with E-state index in [0.29, 0.717) is 17.9 Å². The molecule has 90 valence electrons. The molecule has 0 aromatic rings. The third kappa shape index (κ3) is 3.48. The summed E-state index contributed by atoms with van der Waals surface area (Å²) in [5.74, 6) is 2.22. The summed E-state index contributed by atoms with van der Waals surface area (Å²) in [6, 6.07) is 0. The largest absolute Gasteiger partial charge is 0.396 e. The molecular formula is C14H28O. The van der Waals surface area contributed by atoms with Gasteiger partial charge in [-0.05, 0) is 42.4 Å². The van der Waals surface area contributed by atoms with Gasteiger partial charge in [-0.3, -0.25) is 0 Å². The highest BCUT2D eigenvalue weighted by atomic mass is 16.3. The second-order valence-electron chi connectivity index (χ2n) is 6.33. The van der Waals surface area contributed by atoms with E-state index in [2.05, 4.69) is 27.7 Å². The first kappa shape index (κ1) is 13.0. The van der Waals surface area contributed by atoms with Crippen LogP contribution in [-0.2, 0) is 0 Å². The summed E-state index contributed by atoms with van der Waals surface area (Å²) in [5, 5.41) is 9.06. The highest BCUT2D eigenvalue weighted by Gasteiger charge is 2.36. The number of hydrogen-bond donors (Lipinski definition) is 1. The van der Waals surface area contributed by atoms with E-state index in [0.717, 1.165) is 11.8 Å². The zero-order chi connectivity index (χ0) is 11.5. The van der Waals surface area contributed by atoms with Crippen molar-refractivity contribution < 1.29 is 5.11 Å². The zero-order valence-electron chi connectivity index (χ0n) is 10.9. The SMILES string of the molecule is CC(CO)CCC1C(C)CCCC1(C)C. The fourth-order valence-electron chi connectivity index (χ4n) is 3.27. The van der Waals surface area contributed by atoms with E-state index >= 15 is 0 Å². The lowest BCUT2D eigenvalue weighted by Crippen LogP contribution is -2.34. The molecule has 1 aliphatic carbocycles. The summed E-state index contributed by atoms with van der Waals surface area (Å²) >= 11 is 0. The number of rotatable bonds is 4. The molecule has 1 nitrogen and oxygen atoms in total. The van der Waals surface area contributed by atoms with Gasteiger partial charge in [-0.1, -0.05) is 40.5 Å². The van der Waals surface area contributed by atoms with Crippen molar-refractivity contribution in [3.05, 3.63) is 0 Å². The summed E-state index contributed by atoms with van der Waals surface area (Å²) in [6.45, 7) is 9.77. The van der Waals surface area contributed by atoms with Gasteiger partial charge in [0.2, 0.25) is 0 Å². The predicted octanol–water partition coefficient (Wildman–Crippen LogP) is 3.86. The van der Waals surface area contributed by atoms with Crippen LogP contribution < -0.4 is 0 Å². The van der Waals surface area contributed by atoms with Crippen molar-refractivity contribution in [2.45, 2.75) is 59.8 Å². The van der Waals surface area contributed by atoms with Crippen molar-refractivity contribution >= 4 is 0 Å². The molecule has 0 radical (unpaired) electrons. The van der Waals surface area contributed by atoms with Crippen molar-refractivity contribution in [1.82, 2.24) is 0 Å². The smallest absolute Gasteiger partial charge is 0.0456 e. The number of aliphatic hydroxyl groups is 1. The lowest BCUT2D eigenvalue weighted by Gasteiger charge is -2.43. The Hall–Kier alpha value is -0.0400. The second kappa shape index (κ2) is 5.34. The molecule has 3 atom stereocenters. The maximum Gasteiger partial charge on any atom is 0.0456 e. The van der Waals surface area contributed by atoms with E-state index in [1.165, 1.54) is 32.1 Å². The highest BCUT2D eigenvalue weighted by Crippen LogP contribution is 2.46. The van der Waals surface area contributed by atoms with Crippen LogP contribution in [0.25, 0.3) is 0 Å². The number of aliphatic hydroxyl groups excluding tert-OH is 1. The predicted molar refractivity (Wildman–Crippen MR) is 65.8 cm³/mol. The van der Waals surface area contributed by atoms with Gasteiger partial charge in [-0.2, -0.15) is 0 Å². The molecular weight excluding hydrogens is 184 g/mol. The molecule has 1 N–H and O–H groups in total. The van der Waals surface area contributed by atoms with Gasteiger partial charge < -0.3 is 5.11 Å². The van der Waals surface area contributed by atoms with E-state index in [-0.39, 0.29) is 0 Å². The topological polar surface area (TPSA) is 20.2 Å². The quantitative estimate of drug-likeness (QED) is 0.750. The minimum Gasteiger partial charge on any atom is -0.396 e. The normalized spacial score (nSPS) is 32.6.